The van der Waals surface area contributed by atoms with Crippen LogP contribution in [0.4, 0.5) is 0 Å². The molecule has 1 N–H and O–H groups in total. The molecule has 1 unspecified atom stereocenters. The maximum absolute atomic E-state index is 10.9. The van der Waals surface area contributed by atoms with Crippen LogP contribution in [-0.4, -0.2) is 24.3 Å². The lowest BCUT2D eigenvalue weighted by Crippen LogP contribution is -2.19. The van der Waals surface area contributed by atoms with Crippen molar-refractivity contribution in [1.82, 2.24) is 0 Å². The molecular weight excluding hydrogens is 172 g/mol. The fraction of sp³-hybridized carbons (Fsp3) is 0.625. The third-order valence-corrected chi connectivity index (χ3v) is 1.32. The van der Waals surface area contributed by atoms with Crippen LogP contribution in [0.5, 0.6) is 0 Å². The largest absolute Gasteiger partial charge is 0.464 e. The Hall–Kier alpha value is -1.59. The number of nitrogens with zero attached hydrogens (tertiary/aromatic N) is 2. The fourth-order valence-corrected chi connectivity index (χ4v) is 0.495. The molecule has 5 heteroatoms. The van der Waals surface area contributed by atoms with Gasteiger partial charge in [0.05, 0.1) is 18.7 Å². The van der Waals surface area contributed by atoms with E-state index in [1.165, 1.54) is 12.1 Å². The van der Waals surface area contributed by atoms with Crippen molar-refractivity contribution in [1.29, 1.82) is 10.5 Å². The number of aliphatic hydroxyl groups excluding tert-OH is 1. The molecule has 0 rings (SSSR count). The monoisotopic (exact) mass is 182 g/mol. The molecule has 0 bridgehead atoms. The van der Waals surface area contributed by atoms with E-state index < -0.39 is 11.9 Å². The third kappa shape index (κ3) is 4.09. The Bertz CT molecular complexity index is 237. The van der Waals surface area contributed by atoms with Gasteiger partial charge in [0.15, 0.2) is 0 Å². The highest BCUT2D eigenvalue weighted by atomic mass is 16.5. The number of carbonyl (C=O) groups excluding carboxylic acids is 1. The van der Waals surface area contributed by atoms with Gasteiger partial charge < -0.3 is 9.84 Å². The van der Waals surface area contributed by atoms with E-state index in [9.17, 15) is 4.79 Å². The number of nitriles is 2. The van der Waals surface area contributed by atoms with Gasteiger partial charge in [0.2, 0.25) is 5.92 Å². The normalized spacial score (nSPS) is 11.5. The average molecular weight is 182 g/mol. The van der Waals surface area contributed by atoms with Gasteiger partial charge in [-0.2, -0.15) is 10.5 Å². The number of ether oxygens (including phenoxy) is 1. The topological polar surface area (TPSA) is 94.1 Å². The molecule has 13 heavy (non-hydrogen) atoms. The van der Waals surface area contributed by atoms with Crippen LogP contribution in [0.2, 0.25) is 0 Å². The maximum Gasteiger partial charge on any atom is 0.338 e. The zero-order valence-electron chi connectivity index (χ0n) is 7.23. The van der Waals surface area contributed by atoms with Crippen LogP contribution in [0.15, 0.2) is 0 Å². The first-order valence-electron chi connectivity index (χ1n) is 3.72. The van der Waals surface area contributed by atoms with E-state index in [-0.39, 0.29) is 19.1 Å². The molecule has 0 radical (unpaired) electrons. The van der Waals surface area contributed by atoms with Gasteiger partial charge >= 0.3 is 5.97 Å². The molecule has 0 aromatic rings. The van der Waals surface area contributed by atoms with Crippen molar-refractivity contribution in [2.24, 2.45) is 11.8 Å². The first kappa shape index (κ1) is 11.4. The summed E-state index contributed by atoms with van der Waals surface area (Å²) in [5.41, 5.74) is 0. The Labute approximate surface area is 76.1 Å². The maximum atomic E-state index is 10.9. The smallest absolute Gasteiger partial charge is 0.338 e. The third-order valence-electron chi connectivity index (χ3n) is 1.32. The van der Waals surface area contributed by atoms with Gasteiger partial charge in [0.25, 0.3) is 0 Å². The predicted octanol–water partition coefficient (Wildman–Crippen LogP) is -0.179. The van der Waals surface area contributed by atoms with E-state index in [1.807, 2.05) is 0 Å². The highest BCUT2D eigenvalue weighted by molar-refractivity contribution is 5.78. The summed E-state index contributed by atoms with van der Waals surface area (Å²) in [6.45, 7) is 1.60. The number of hydrogen-bond donors (Lipinski definition) is 1. The van der Waals surface area contributed by atoms with Gasteiger partial charge in [-0.25, -0.2) is 4.79 Å². The van der Waals surface area contributed by atoms with Crippen LogP contribution in [0.25, 0.3) is 0 Å². The summed E-state index contributed by atoms with van der Waals surface area (Å²) in [4.78, 5) is 10.9. The number of esters is 1. The number of hydrogen-bond acceptors (Lipinski definition) is 5. The first-order chi connectivity index (χ1) is 6.15. The van der Waals surface area contributed by atoms with Gasteiger partial charge in [-0.1, -0.05) is 6.92 Å². The van der Waals surface area contributed by atoms with Crippen molar-refractivity contribution in [3.63, 3.8) is 0 Å². The van der Waals surface area contributed by atoms with Crippen LogP contribution in [-0.2, 0) is 9.53 Å². The lowest BCUT2D eigenvalue weighted by atomic mass is 10.2. The Kier molecular flexibility index (Phi) is 5.25. The van der Waals surface area contributed by atoms with Crippen LogP contribution in [0, 0.1) is 34.5 Å². The molecule has 0 saturated heterocycles. The lowest BCUT2D eigenvalue weighted by Gasteiger charge is -2.08. The van der Waals surface area contributed by atoms with Gasteiger partial charge in [0, 0.05) is 12.5 Å². The van der Waals surface area contributed by atoms with E-state index in [1.54, 1.807) is 6.92 Å². The molecule has 70 valence electrons. The van der Waals surface area contributed by atoms with E-state index in [2.05, 4.69) is 4.74 Å². The van der Waals surface area contributed by atoms with Gasteiger partial charge in [0.1, 0.15) is 0 Å². The Balaban J connectivity index is 3.90. The van der Waals surface area contributed by atoms with E-state index in [4.69, 9.17) is 15.6 Å². The van der Waals surface area contributed by atoms with Crippen molar-refractivity contribution in [2.45, 2.75) is 6.92 Å². The molecule has 0 aliphatic carbocycles. The Morgan fingerprint density at radius 3 is 2.46 bits per heavy atom. The molecule has 0 heterocycles. The van der Waals surface area contributed by atoms with Crippen molar-refractivity contribution in [2.75, 3.05) is 13.2 Å². The zero-order valence-corrected chi connectivity index (χ0v) is 7.23. The highest BCUT2D eigenvalue weighted by Gasteiger charge is 2.18. The van der Waals surface area contributed by atoms with Crippen molar-refractivity contribution in [3.05, 3.63) is 0 Å². The molecule has 0 amide bonds. The summed E-state index contributed by atoms with van der Waals surface area (Å²) < 4.78 is 4.59. The van der Waals surface area contributed by atoms with Crippen molar-refractivity contribution in [3.8, 4) is 12.1 Å². The molecule has 5 nitrogen and oxygen atoms in total. The van der Waals surface area contributed by atoms with E-state index in [0.29, 0.717) is 0 Å². The minimum absolute atomic E-state index is 0.0230. The van der Waals surface area contributed by atoms with Gasteiger partial charge in [-0.15, -0.1) is 0 Å². The fourth-order valence-electron chi connectivity index (χ4n) is 0.495. The second kappa shape index (κ2) is 5.99. The van der Waals surface area contributed by atoms with Crippen molar-refractivity contribution < 1.29 is 14.6 Å². The number of rotatable bonds is 4. The second-order valence-corrected chi connectivity index (χ2v) is 2.61. The molecular formula is C8H10N2O3. The molecule has 0 aliphatic heterocycles. The number of aliphatic hydroxyl groups is 1. The minimum Gasteiger partial charge on any atom is -0.464 e. The van der Waals surface area contributed by atoms with Gasteiger partial charge in [-0.3, -0.25) is 0 Å². The molecule has 0 aliphatic rings. The molecule has 0 aromatic carbocycles. The highest BCUT2D eigenvalue weighted by Crippen LogP contribution is 2.00. The molecule has 0 saturated carbocycles. The van der Waals surface area contributed by atoms with Crippen molar-refractivity contribution >= 4 is 5.97 Å². The quantitative estimate of drug-likeness (QED) is 0.608. The molecule has 0 fully saturated rings. The van der Waals surface area contributed by atoms with Crippen LogP contribution >= 0.6 is 0 Å². The standard InChI is InChI=1S/C8H10N2O3/c1-6(4-11)5-13-8(12)7(2-9)3-10/h6-7,11H,4-5H2,1H3. The SMILES string of the molecule is CC(CO)COC(=O)C(C#N)C#N. The zero-order chi connectivity index (χ0) is 10.3. The molecule has 0 aromatic heterocycles. The number of carbonyl (C=O) groups is 1. The average Bonchev–Trinajstić information content (AvgIpc) is 2.16. The first-order valence-corrected chi connectivity index (χ1v) is 3.72. The Morgan fingerprint density at radius 1 is 1.54 bits per heavy atom. The summed E-state index contributed by atoms with van der Waals surface area (Å²) in [5.74, 6) is -2.40. The summed E-state index contributed by atoms with van der Waals surface area (Å²) in [7, 11) is 0. The predicted molar refractivity (Wildman–Crippen MR) is 41.9 cm³/mol. The van der Waals surface area contributed by atoms with Crippen LogP contribution < -0.4 is 0 Å². The second-order valence-electron chi connectivity index (χ2n) is 2.61. The van der Waals surface area contributed by atoms with Crippen LogP contribution in [0.1, 0.15) is 6.92 Å². The minimum atomic E-state index is -1.37. The van der Waals surface area contributed by atoms with Gasteiger partial charge in [-0.05, 0) is 0 Å². The van der Waals surface area contributed by atoms with E-state index >= 15 is 0 Å². The lowest BCUT2D eigenvalue weighted by molar-refractivity contribution is -0.146. The Morgan fingerprint density at radius 2 is 2.08 bits per heavy atom. The molecule has 0 spiro atoms. The summed E-state index contributed by atoms with van der Waals surface area (Å²) in [5, 5.41) is 25.2. The molecule has 1 atom stereocenters. The van der Waals surface area contributed by atoms with E-state index in [0.717, 1.165) is 0 Å². The summed E-state index contributed by atoms with van der Waals surface area (Å²) in [6, 6.07) is 2.99. The van der Waals surface area contributed by atoms with Crippen LogP contribution in [0.3, 0.4) is 0 Å². The summed E-state index contributed by atoms with van der Waals surface area (Å²) >= 11 is 0. The summed E-state index contributed by atoms with van der Waals surface area (Å²) in [6.07, 6.45) is 0.